The zero-order valence-corrected chi connectivity index (χ0v) is 38.4. The lowest BCUT2D eigenvalue weighted by Gasteiger charge is -2.22. The summed E-state index contributed by atoms with van der Waals surface area (Å²) in [6, 6.07) is 15.6. The molecule has 0 saturated carbocycles. The normalized spacial score (nSPS) is 18.2. The van der Waals surface area contributed by atoms with Crippen LogP contribution in [0.2, 0.25) is 0 Å². The number of fused-ring (bicyclic) bond motifs is 4. The maximum atomic E-state index is 13.6. The first kappa shape index (κ1) is 45.4. The van der Waals surface area contributed by atoms with E-state index in [4.69, 9.17) is 23.7 Å². The highest BCUT2D eigenvalue weighted by molar-refractivity contribution is 6.12. The third-order valence-electron chi connectivity index (χ3n) is 13.0. The largest absolute Gasteiger partial charge is 0.618 e. The molecule has 68 heavy (non-hydrogen) atoms. The van der Waals surface area contributed by atoms with Gasteiger partial charge in [-0.3, -0.25) is 19.3 Å². The Kier molecular flexibility index (Phi) is 13.4. The molecule has 2 aromatic carbocycles. The van der Waals surface area contributed by atoms with E-state index in [0.29, 0.717) is 123 Å². The van der Waals surface area contributed by atoms with Gasteiger partial charge in [-0.15, -0.1) is 0 Å². The van der Waals surface area contributed by atoms with Crippen LogP contribution >= 0.6 is 0 Å². The molecule has 0 saturated heterocycles. The van der Waals surface area contributed by atoms with Gasteiger partial charge >= 0.3 is 0 Å². The maximum absolute atomic E-state index is 13.6. The Balaban J connectivity index is 0.768. The van der Waals surface area contributed by atoms with Crippen LogP contribution in [0, 0.1) is 22.3 Å². The zero-order chi connectivity index (χ0) is 47.3. The van der Waals surface area contributed by atoms with Crippen LogP contribution in [0.1, 0.15) is 67.5 Å². The van der Waals surface area contributed by atoms with Crippen molar-refractivity contribution in [2.24, 2.45) is 11.8 Å². The van der Waals surface area contributed by atoms with Gasteiger partial charge in [0.15, 0.2) is 45.8 Å². The van der Waals surface area contributed by atoms with Crippen LogP contribution in [0.3, 0.4) is 0 Å². The second kappa shape index (κ2) is 20.0. The molecule has 1 N–H and O–H groups in total. The van der Waals surface area contributed by atoms with Crippen molar-refractivity contribution in [1.29, 1.82) is 0 Å². The minimum Gasteiger partial charge on any atom is -0.618 e. The van der Waals surface area contributed by atoms with E-state index in [1.165, 1.54) is 23.3 Å². The highest BCUT2D eigenvalue weighted by Gasteiger charge is 2.34. The molecule has 0 bridgehead atoms. The van der Waals surface area contributed by atoms with E-state index in [0.717, 1.165) is 43.9 Å². The Morgan fingerprint density at radius 2 is 1.18 bits per heavy atom. The van der Waals surface area contributed by atoms with Crippen molar-refractivity contribution in [1.82, 2.24) is 14.0 Å². The van der Waals surface area contributed by atoms with E-state index in [1.54, 1.807) is 27.5 Å². The van der Waals surface area contributed by atoms with Crippen molar-refractivity contribution < 1.29 is 47.5 Å². The number of unbranched alkanes of at least 4 members (excludes halogenated alkanes) is 2. The lowest BCUT2D eigenvalue weighted by Crippen LogP contribution is -2.30. The predicted molar refractivity (Wildman–Crippen MR) is 256 cm³/mol. The molecule has 0 radical (unpaired) electrons. The van der Waals surface area contributed by atoms with E-state index in [2.05, 4.69) is 5.32 Å². The predicted octanol–water partition coefficient (Wildman–Crippen LogP) is 7.45. The van der Waals surface area contributed by atoms with E-state index < -0.39 is 0 Å². The molecule has 3 amide bonds. The third-order valence-corrected chi connectivity index (χ3v) is 13.0. The second-order valence-corrected chi connectivity index (χ2v) is 17.3. The van der Waals surface area contributed by atoms with E-state index in [1.807, 2.05) is 94.4 Å². The van der Waals surface area contributed by atoms with Gasteiger partial charge in [0.1, 0.15) is 5.75 Å². The summed E-state index contributed by atoms with van der Waals surface area (Å²) in [5, 5.41) is 29.9. The minimum absolute atomic E-state index is 0.0494. The van der Waals surface area contributed by atoms with Gasteiger partial charge in [-0.2, -0.15) is 9.48 Å². The number of ether oxygens (including phenoxy) is 5. The van der Waals surface area contributed by atoms with Gasteiger partial charge in [-0.25, -0.2) is 0 Å². The number of hydrogen-bond acceptors (Lipinski definition) is 10. The van der Waals surface area contributed by atoms with Crippen LogP contribution in [0.15, 0.2) is 109 Å². The van der Waals surface area contributed by atoms with Gasteiger partial charge in [-0.05, 0) is 72.2 Å². The highest BCUT2D eigenvalue weighted by atomic mass is 16.5. The van der Waals surface area contributed by atoms with E-state index >= 15 is 0 Å². The molecule has 5 heterocycles. The van der Waals surface area contributed by atoms with Crippen molar-refractivity contribution in [3.05, 3.63) is 142 Å². The third kappa shape index (κ3) is 9.57. The fourth-order valence-corrected chi connectivity index (χ4v) is 9.46. The number of methoxy groups -OCH3 is 3. The quantitative estimate of drug-likeness (QED) is 0.0457. The molecule has 2 atom stereocenters. The molecule has 0 spiro atoms. The molecule has 2 unspecified atom stereocenters. The van der Waals surface area contributed by atoms with Gasteiger partial charge in [0, 0.05) is 62.5 Å². The Labute approximate surface area is 394 Å². The molecule has 3 aliphatic heterocycles. The fraction of sp³-hybridized carbons (Fsp3) is 0.327. The molecule has 16 heteroatoms. The lowest BCUT2D eigenvalue weighted by atomic mass is 9.87. The van der Waals surface area contributed by atoms with E-state index in [-0.39, 0.29) is 29.6 Å². The van der Waals surface area contributed by atoms with Crippen LogP contribution in [-0.4, -0.2) is 94.8 Å². The second-order valence-electron chi connectivity index (χ2n) is 17.3. The van der Waals surface area contributed by atoms with Gasteiger partial charge in [-0.1, -0.05) is 42.8 Å². The summed E-state index contributed by atoms with van der Waals surface area (Å²) in [6.07, 6.45) is 21.4. The number of rotatable bonds is 18. The summed E-state index contributed by atoms with van der Waals surface area (Å²) >= 11 is 0. The average molecular weight is 923 g/mol. The zero-order valence-electron chi connectivity index (χ0n) is 38.4. The van der Waals surface area contributed by atoms with Gasteiger partial charge < -0.3 is 48.5 Å². The number of nitrogens with zero attached hydrogens (tertiary/aromatic N) is 5. The van der Waals surface area contributed by atoms with E-state index in [9.17, 15) is 24.8 Å². The van der Waals surface area contributed by atoms with Crippen LogP contribution in [0.25, 0.3) is 11.1 Å². The fourth-order valence-electron chi connectivity index (χ4n) is 9.46. The number of carbonyl (C=O) groups is 3. The first-order valence-electron chi connectivity index (χ1n) is 22.9. The molecule has 352 valence electrons. The van der Waals surface area contributed by atoms with Crippen LogP contribution < -0.4 is 29.0 Å². The van der Waals surface area contributed by atoms with Crippen molar-refractivity contribution >= 4 is 47.0 Å². The summed E-state index contributed by atoms with van der Waals surface area (Å²) < 4.78 is 35.3. The Morgan fingerprint density at radius 3 is 1.68 bits per heavy atom. The Hall–Kier alpha value is -7.75. The number of aromatic nitrogens is 2. The van der Waals surface area contributed by atoms with Gasteiger partial charge in [0.25, 0.3) is 11.8 Å². The molecule has 16 nitrogen and oxygen atoms in total. The molecule has 0 fully saturated rings. The molecule has 5 aliphatic rings. The standard InChI is InChI=1S/C52H54N6O10/c1-64-41-17-11-35(12-18-41)37-14-20-43-39(27-37)29-55-33-47(52(66-3)45(55)31-58(43)63)68-25-7-24-67-46-32-54-28-38-26-36(13-19-42(38)57(62)30-44(54)51(46)65-2)34-9-15-40(16-10-34)53-48(59)8-5-4-6-23-56-49(60)21-22-50(56)61/h9-22,30-33,38-39H,4-8,23-29H2,1-3H3,(H,53,59). The van der Waals surface area contributed by atoms with Crippen molar-refractivity contribution in [2.45, 2.75) is 58.0 Å². The number of amides is 3. The number of nitrogens with one attached hydrogen (secondary N) is 1. The maximum Gasteiger partial charge on any atom is 0.253 e. The molecular weight excluding hydrogens is 869 g/mol. The summed E-state index contributed by atoms with van der Waals surface area (Å²) in [5.41, 5.74) is 7.60. The van der Waals surface area contributed by atoms with Gasteiger partial charge in [0.05, 0.1) is 58.8 Å². The number of allylic oxidation sites excluding steroid dienone is 8. The van der Waals surface area contributed by atoms with Crippen molar-refractivity contribution in [2.75, 3.05) is 46.4 Å². The molecule has 2 aromatic heterocycles. The Morgan fingerprint density at radius 1 is 0.662 bits per heavy atom. The molecule has 9 rings (SSSR count). The first-order chi connectivity index (χ1) is 33.1. The van der Waals surface area contributed by atoms with Crippen LogP contribution in [0.5, 0.6) is 28.7 Å². The minimum atomic E-state index is -0.289. The van der Waals surface area contributed by atoms with Crippen molar-refractivity contribution in [3.8, 4) is 28.7 Å². The topological polar surface area (TPSA) is 175 Å². The van der Waals surface area contributed by atoms with Crippen molar-refractivity contribution in [3.63, 3.8) is 0 Å². The number of anilines is 1. The average Bonchev–Trinajstić information content (AvgIpc) is 3.90. The van der Waals surface area contributed by atoms with Gasteiger partial charge in [0.2, 0.25) is 18.3 Å². The summed E-state index contributed by atoms with van der Waals surface area (Å²) in [6.45, 7) is 2.09. The lowest BCUT2D eigenvalue weighted by molar-refractivity contribution is -0.404. The monoisotopic (exact) mass is 922 g/mol. The highest BCUT2D eigenvalue weighted by Crippen LogP contribution is 2.41. The molecular formula is C52H54N6O10. The summed E-state index contributed by atoms with van der Waals surface area (Å²) in [4.78, 5) is 37.3. The number of hydroxylamine groups is 2. The smallest absolute Gasteiger partial charge is 0.253 e. The van der Waals surface area contributed by atoms with Crippen LogP contribution in [-0.2, 0) is 27.5 Å². The number of hydrogen-bond donors (Lipinski definition) is 1. The Bertz CT molecular complexity index is 2810. The number of imide groups is 1. The first-order valence-corrected chi connectivity index (χ1v) is 22.9. The van der Waals surface area contributed by atoms with Crippen LogP contribution in [0.4, 0.5) is 5.69 Å². The summed E-state index contributed by atoms with van der Waals surface area (Å²) in [7, 11) is 4.78. The SMILES string of the molecule is COc1ccc(C2=CC=C3C(C2)Cn2cc(OCCCOc4cn5c(c4OC)C=[N+]([O-])C4=CC=C(c6ccc(NC(=O)CCCCCN7C(=O)C=CC7=O)cc6)CC4C5)c(OC)c2C=[N+]3[O-])cc1. The summed E-state index contributed by atoms with van der Waals surface area (Å²) in [5.74, 6) is 1.97. The number of carbonyl (C=O) groups excluding carboxylic acids is 3. The number of benzene rings is 2. The molecule has 4 aromatic rings. The molecule has 2 aliphatic carbocycles.